The van der Waals surface area contributed by atoms with Crippen LogP contribution in [0.5, 0.6) is 5.75 Å². The minimum absolute atomic E-state index is 0.166. The molecule has 0 heterocycles. The molecule has 21 heavy (non-hydrogen) atoms. The van der Waals surface area contributed by atoms with Gasteiger partial charge in [-0.15, -0.1) is 0 Å². The van der Waals surface area contributed by atoms with Gasteiger partial charge < -0.3 is 9.64 Å². The first-order valence-corrected chi connectivity index (χ1v) is 7.15. The molecule has 3 nitrogen and oxygen atoms in total. The van der Waals surface area contributed by atoms with Crippen LogP contribution in [0.15, 0.2) is 54.6 Å². The number of likely N-dealkylation sites (N-methyl/N-ethyl adjacent to an activating group) is 1. The molecule has 2 aromatic carbocycles. The van der Waals surface area contributed by atoms with Crippen molar-refractivity contribution in [3.63, 3.8) is 0 Å². The summed E-state index contributed by atoms with van der Waals surface area (Å²) >= 11 is 0. The highest BCUT2D eigenvalue weighted by Crippen LogP contribution is 2.50. The number of methoxy groups -OCH3 is 1. The van der Waals surface area contributed by atoms with E-state index in [1.165, 1.54) is 0 Å². The summed E-state index contributed by atoms with van der Waals surface area (Å²) in [6.45, 7) is 0. The monoisotopic (exact) mass is 281 g/mol. The quantitative estimate of drug-likeness (QED) is 0.859. The van der Waals surface area contributed by atoms with Gasteiger partial charge in [0.2, 0.25) is 5.91 Å². The minimum Gasteiger partial charge on any atom is -0.497 e. The van der Waals surface area contributed by atoms with E-state index in [2.05, 4.69) is 0 Å². The van der Waals surface area contributed by atoms with Gasteiger partial charge >= 0.3 is 0 Å². The molecular formula is C18H19NO2. The third-order valence-electron chi connectivity index (χ3n) is 4.25. The Hall–Kier alpha value is -2.29. The van der Waals surface area contributed by atoms with Crippen LogP contribution in [0.1, 0.15) is 18.4 Å². The van der Waals surface area contributed by atoms with Gasteiger partial charge in [0.05, 0.1) is 12.5 Å². The number of nitrogens with zero attached hydrogens (tertiary/aromatic N) is 1. The van der Waals surface area contributed by atoms with Gasteiger partial charge in [-0.1, -0.05) is 30.3 Å². The molecule has 2 aromatic rings. The molecule has 3 heteroatoms. The summed E-state index contributed by atoms with van der Waals surface area (Å²) in [6.07, 6.45) is 1.82. The maximum Gasteiger partial charge on any atom is 0.237 e. The molecule has 108 valence electrons. The molecule has 1 fully saturated rings. The van der Waals surface area contributed by atoms with Crippen LogP contribution in [0.3, 0.4) is 0 Å². The lowest BCUT2D eigenvalue weighted by atomic mass is 9.94. The van der Waals surface area contributed by atoms with E-state index in [0.717, 1.165) is 29.8 Å². The smallest absolute Gasteiger partial charge is 0.237 e. The Morgan fingerprint density at radius 3 is 2.19 bits per heavy atom. The van der Waals surface area contributed by atoms with Gasteiger partial charge in [-0.2, -0.15) is 0 Å². The number of carbonyl (C=O) groups excluding carboxylic acids is 1. The second-order valence-electron chi connectivity index (χ2n) is 5.51. The van der Waals surface area contributed by atoms with Crippen molar-refractivity contribution in [3.05, 3.63) is 60.2 Å². The Bertz CT molecular complexity index is 630. The fraction of sp³-hybridized carbons (Fsp3) is 0.278. The molecule has 0 aromatic heterocycles. The number of anilines is 1. The van der Waals surface area contributed by atoms with Crippen LogP contribution in [-0.4, -0.2) is 20.1 Å². The average Bonchev–Trinajstić information content (AvgIpc) is 3.36. The van der Waals surface area contributed by atoms with E-state index in [4.69, 9.17) is 4.74 Å². The van der Waals surface area contributed by atoms with E-state index in [1.54, 1.807) is 12.0 Å². The largest absolute Gasteiger partial charge is 0.497 e. The first-order chi connectivity index (χ1) is 10.2. The van der Waals surface area contributed by atoms with Crippen LogP contribution in [0, 0.1) is 0 Å². The van der Waals surface area contributed by atoms with Gasteiger partial charge in [-0.05, 0) is 42.7 Å². The molecule has 0 aliphatic heterocycles. The molecule has 1 aliphatic carbocycles. The predicted molar refractivity (Wildman–Crippen MR) is 83.8 cm³/mol. The molecule has 0 N–H and O–H groups in total. The Kier molecular flexibility index (Phi) is 3.42. The van der Waals surface area contributed by atoms with Crippen LogP contribution >= 0.6 is 0 Å². The zero-order valence-electron chi connectivity index (χ0n) is 12.4. The van der Waals surface area contributed by atoms with Crippen molar-refractivity contribution >= 4 is 11.6 Å². The van der Waals surface area contributed by atoms with Crippen molar-refractivity contribution in [3.8, 4) is 5.75 Å². The summed E-state index contributed by atoms with van der Waals surface area (Å²) in [6, 6.07) is 17.6. The molecular weight excluding hydrogens is 262 g/mol. The molecule has 0 radical (unpaired) electrons. The third kappa shape index (κ3) is 2.40. The molecule has 0 bridgehead atoms. The standard InChI is InChI=1S/C18H19NO2/c1-19(15-6-4-3-5-7-15)17(20)18(12-13-18)14-8-10-16(21-2)11-9-14/h3-11H,12-13H2,1-2H3. The molecule has 0 spiro atoms. The van der Waals surface area contributed by atoms with Crippen LogP contribution in [0.4, 0.5) is 5.69 Å². The lowest BCUT2D eigenvalue weighted by Crippen LogP contribution is -2.36. The maximum atomic E-state index is 12.9. The molecule has 1 amide bonds. The number of para-hydroxylation sites is 1. The lowest BCUT2D eigenvalue weighted by Gasteiger charge is -2.24. The van der Waals surface area contributed by atoms with Crippen molar-refractivity contribution in [2.75, 3.05) is 19.1 Å². The van der Waals surface area contributed by atoms with E-state index in [9.17, 15) is 4.79 Å². The van der Waals surface area contributed by atoms with Gasteiger partial charge in [0.1, 0.15) is 5.75 Å². The third-order valence-corrected chi connectivity index (χ3v) is 4.25. The zero-order chi connectivity index (χ0) is 14.9. The number of amides is 1. The second-order valence-corrected chi connectivity index (χ2v) is 5.51. The summed E-state index contributed by atoms with van der Waals surface area (Å²) in [5.74, 6) is 0.984. The van der Waals surface area contributed by atoms with Gasteiger partial charge in [0, 0.05) is 12.7 Å². The molecule has 1 saturated carbocycles. The Labute approximate surface area is 125 Å². The highest BCUT2D eigenvalue weighted by molar-refractivity contribution is 6.02. The highest BCUT2D eigenvalue weighted by Gasteiger charge is 2.52. The lowest BCUT2D eigenvalue weighted by molar-refractivity contribution is -0.120. The van der Waals surface area contributed by atoms with Gasteiger partial charge in [-0.25, -0.2) is 0 Å². The van der Waals surface area contributed by atoms with Crippen molar-refractivity contribution in [2.45, 2.75) is 18.3 Å². The SMILES string of the molecule is COc1ccc(C2(C(=O)N(C)c3ccccc3)CC2)cc1. The molecule has 0 atom stereocenters. The van der Waals surface area contributed by atoms with Crippen LogP contribution < -0.4 is 9.64 Å². The summed E-state index contributed by atoms with van der Waals surface area (Å²) in [4.78, 5) is 14.6. The van der Waals surface area contributed by atoms with Crippen LogP contribution in [0.25, 0.3) is 0 Å². The van der Waals surface area contributed by atoms with E-state index in [1.807, 2.05) is 61.6 Å². The second kappa shape index (κ2) is 5.24. The Balaban J connectivity index is 1.86. The van der Waals surface area contributed by atoms with Gasteiger partial charge in [0.15, 0.2) is 0 Å². The van der Waals surface area contributed by atoms with Gasteiger partial charge in [0.25, 0.3) is 0 Å². The number of carbonyl (C=O) groups is 1. The summed E-state index contributed by atoms with van der Waals surface area (Å²) in [7, 11) is 3.50. The zero-order valence-corrected chi connectivity index (χ0v) is 12.4. The Morgan fingerprint density at radius 2 is 1.67 bits per heavy atom. The average molecular weight is 281 g/mol. The summed E-state index contributed by atoms with van der Waals surface area (Å²) in [5, 5.41) is 0. The van der Waals surface area contributed by atoms with Crippen molar-refractivity contribution < 1.29 is 9.53 Å². The highest BCUT2D eigenvalue weighted by atomic mass is 16.5. The van der Waals surface area contributed by atoms with Crippen LogP contribution in [-0.2, 0) is 10.2 Å². The first kappa shape index (κ1) is 13.7. The van der Waals surface area contributed by atoms with E-state index < -0.39 is 0 Å². The number of hydrogen-bond acceptors (Lipinski definition) is 2. The van der Waals surface area contributed by atoms with E-state index >= 15 is 0 Å². The maximum absolute atomic E-state index is 12.9. The van der Waals surface area contributed by atoms with Crippen molar-refractivity contribution in [2.24, 2.45) is 0 Å². The molecule has 0 unspecified atom stereocenters. The fourth-order valence-electron chi connectivity index (χ4n) is 2.75. The Morgan fingerprint density at radius 1 is 1.05 bits per heavy atom. The first-order valence-electron chi connectivity index (χ1n) is 7.15. The summed E-state index contributed by atoms with van der Waals surface area (Å²) in [5.41, 5.74) is 1.66. The minimum atomic E-state index is -0.350. The molecule has 3 rings (SSSR count). The summed E-state index contributed by atoms with van der Waals surface area (Å²) < 4.78 is 5.18. The molecule has 0 saturated heterocycles. The number of hydrogen-bond donors (Lipinski definition) is 0. The van der Waals surface area contributed by atoms with Crippen molar-refractivity contribution in [1.29, 1.82) is 0 Å². The van der Waals surface area contributed by atoms with E-state index in [-0.39, 0.29) is 11.3 Å². The van der Waals surface area contributed by atoms with Crippen LogP contribution in [0.2, 0.25) is 0 Å². The van der Waals surface area contributed by atoms with Gasteiger partial charge in [-0.3, -0.25) is 4.79 Å². The fourth-order valence-corrected chi connectivity index (χ4v) is 2.75. The topological polar surface area (TPSA) is 29.5 Å². The van der Waals surface area contributed by atoms with Crippen molar-refractivity contribution in [1.82, 2.24) is 0 Å². The number of rotatable bonds is 4. The number of ether oxygens (including phenoxy) is 1. The normalized spacial score (nSPS) is 15.3. The van der Waals surface area contributed by atoms with E-state index in [0.29, 0.717) is 0 Å². The predicted octanol–water partition coefficient (Wildman–Crippen LogP) is 3.39. The molecule has 1 aliphatic rings. The number of benzene rings is 2.